The number of rotatable bonds is 5. The average Bonchev–Trinajstić information content (AvgIpc) is 3.95. The molecule has 0 radical (unpaired) electrons. The third kappa shape index (κ3) is 5.24. The van der Waals surface area contributed by atoms with Crippen LogP contribution < -0.4 is 0 Å². The van der Waals surface area contributed by atoms with Gasteiger partial charge in [0.15, 0.2) is 5.82 Å². The standard InChI is InChI=1S/C52H31N3S2/c1-3-13-32(14-4-1)44-31-45(33-15-5-2-6-16-33)54-52(53-44)35-23-25-38-37-17-7-10-20-46(37)55(47(38)28-35)36-29-41(51-43(30-36)40-19-9-12-22-49(40)57-51)34-24-26-50-42(27-34)39-18-8-11-21-48(39)56-50/h1-31H. The van der Waals surface area contributed by atoms with Crippen molar-refractivity contribution in [1.29, 1.82) is 0 Å². The number of benzene rings is 8. The highest BCUT2D eigenvalue weighted by Crippen LogP contribution is 2.45. The molecule has 0 atom stereocenters. The Morgan fingerprint density at radius 2 is 0.930 bits per heavy atom. The molecule has 4 aromatic heterocycles. The minimum atomic E-state index is 0.699. The Morgan fingerprint density at radius 3 is 1.67 bits per heavy atom. The Bertz CT molecular complexity index is 3460. The molecule has 0 bridgehead atoms. The molecule has 266 valence electrons. The van der Waals surface area contributed by atoms with E-state index in [9.17, 15) is 0 Å². The van der Waals surface area contributed by atoms with Crippen LogP contribution in [0.5, 0.6) is 0 Å². The lowest BCUT2D eigenvalue weighted by Crippen LogP contribution is -1.97. The van der Waals surface area contributed by atoms with E-state index >= 15 is 0 Å². The van der Waals surface area contributed by atoms with Crippen LogP contribution in [0, 0.1) is 0 Å². The summed E-state index contributed by atoms with van der Waals surface area (Å²) in [6.07, 6.45) is 0. The summed E-state index contributed by atoms with van der Waals surface area (Å²) in [6, 6.07) is 67.8. The molecule has 0 unspecified atom stereocenters. The molecule has 0 aliphatic rings. The van der Waals surface area contributed by atoms with Gasteiger partial charge in [0.05, 0.1) is 22.4 Å². The maximum Gasteiger partial charge on any atom is 0.160 e. The zero-order chi connectivity index (χ0) is 37.5. The summed E-state index contributed by atoms with van der Waals surface area (Å²) in [5, 5.41) is 7.58. The number of thiophene rings is 2. The van der Waals surface area contributed by atoms with Gasteiger partial charge in [0.1, 0.15) is 0 Å². The van der Waals surface area contributed by atoms with Gasteiger partial charge >= 0.3 is 0 Å². The summed E-state index contributed by atoms with van der Waals surface area (Å²) < 4.78 is 7.68. The van der Waals surface area contributed by atoms with Gasteiger partial charge in [0.25, 0.3) is 0 Å². The molecule has 0 aliphatic heterocycles. The van der Waals surface area contributed by atoms with Crippen LogP contribution in [0.3, 0.4) is 0 Å². The zero-order valence-electron chi connectivity index (χ0n) is 30.6. The van der Waals surface area contributed by atoms with Crippen molar-refractivity contribution in [3.05, 3.63) is 188 Å². The van der Waals surface area contributed by atoms with Crippen molar-refractivity contribution in [2.24, 2.45) is 0 Å². The van der Waals surface area contributed by atoms with Crippen LogP contribution in [0.15, 0.2) is 188 Å². The molecule has 5 heteroatoms. The van der Waals surface area contributed by atoms with Gasteiger partial charge in [0, 0.05) is 79.1 Å². The van der Waals surface area contributed by atoms with Gasteiger partial charge in [-0.25, -0.2) is 9.97 Å². The SMILES string of the molecule is c1ccc(-c2cc(-c3ccccc3)nc(-c3ccc4c5ccccc5n(-c5cc(-c6ccc7sc8ccccc8c7c6)c6sc7ccccc7c6c5)c4c3)n2)cc1. The molecule has 0 saturated carbocycles. The number of nitrogens with zero attached hydrogens (tertiary/aromatic N) is 3. The second-order valence-electron chi connectivity index (χ2n) is 14.6. The Labute approximate surface area is 336 Å². The van der Waals surface area contributed by atoms with E-state index in [1.807, 2.05) is 34.8 Å². The molecule has 12 rings (SSSR count). The van der Waals surface area contributed by atoms with Crippen LogP contribution in [0.1, 0.15) is 0 Å². The van der Waals surface area contributed by atoms with E-state index in [1.165, 1.54) is 62.2 Å². The van der Waals surface area contributed by atoms with E-state index in [1.54, 1.807) is 0 Å². The van der Waals surface area contributed by atoms with Gasteiger partial charge < -0.3 is 4.57 Å². The lowest BCUT2D eigenvalue weighted by Gasteiger charge is -2.13. The quantitative estimate of drug-likeness (QED) is 0.175. The Morgan fingerprint density at radius 1 is 0.351 bits per heavy atom. The highest BCUT2D eigenvalue weighted by atomic mass is 32.1. The molecule has 0 aliphatic carbocycles. The normalized spacial score (nSPS) is 11.9. The molecule has 0 fully saturated rings. The summed E-state index contributed by atoms with van der Waals surface area (Å²) in [5.41, 5.74) is 10.8. The topological polar surface area (TPSA) is 30.7 Å². The van der Waals surface area contributed by atoms with Gasteiger partial charge in [-0.3, -0.25) is 0 Å². The average molecular weight is 762 g/mol. The summed E-state index contributed by atoms with van der Waals surface area (Å²) in [5.74, 6) is 0.699. The molecule has 12 aromatic rings. The van der Waals surface area contributed by atoms with Crippen molar-refractivity contribution >= 4 is 84.8 Å². The smallest absolute Gasteiger partial charge is 0.160 e. The highest BCUT2D eigenvalue weighted by Gasteiger charge is 2.20. The third-order valence-corrected chi connectivity index (χ3v) is 13.6. The lowest BCUT2D eigenvalue weighted by atomic mass is 9.99. The number of aromatic nitrogens is 3. The monoisotopic (exact) mass is 761 g/mol. The summed E-state index contributed by atoms with van der Waals surface area (Å²) in [7, 11) is 0. The molecular formula is C52H31N3S2. The van der Waals surface area contributed by atoms with Crippen LogP contribution in [0.25, 0.3) is 113 Å². The predicted octanol–water partition coefficient (Wildman–Crippen LogP) is 15.0. The van der Waals surface area contributed by atoms with E-state index in [0.717, 1.165) is 44.8 Å². The van der Waals surface area contributed by atoms with Crippen molar-refractivity contribution in [2.45, 2.75) is 0 Å². The van der Waals surface area contributed by atoms with Gasteiger partial charge in [-0.15, -0.1) is 22.7 Å². The fraction of sp³-hybridized carbons (Fsp3) is 0. The second-order valence-corrected chi connectivity index (χ2v) is 16.7. The number of hydrogen-bond acceptors (Lipinski definition) is 4. The maximum absolute atomic E-state index is 5.21. The van der Waals surface area contributed by atoms with Gasteiger partial charge in [-0.1, -0.05) is 133 Å². The first-order valence-corrected chi connectivity index (χ1v) is 20.8. The van der Waals surface area contributed by atoms with Crippen LogP contribution in [0.2, 0.25) is 0 Å². The molecule has 0 spiro atoms. The predicted molar refractivity (Wildman–Crippen MR) is 244 cm³/mol. The minimum Gasteiger partial charge on any atom is -0.309 e. The minimum absolute atomic E-state index is 0.699. The van der Waals surface area contributed by atoms with Crippen LogP contribution in [0.4, 0.5) is 0 Å². The van der Waals surface area contributed by atoms with Gasteiger partial charge in [0.2, 0.25) is 0 Å². The number of fused-ring (bicyclic) bond motifs is 9. The van der Waals surface area contributed by atoms with E-state index < -0.39 is 0 Å². The molecule has 0 amide bonds. The molecule has 4 heterocycles. The van der Waals surface area contributed by atoms with Crippen LogP contribution >= 0.6 is 22.7 Å². The summed E-state index contributed by atoms with van der Waals surface area (Å²) >= 11 is 3.75. The molecule has 57 heavy (non-hydrogen) atoms. The second kappa shape index (κ2) is 12.8. The summed E-state index contributed by atoms with van der Waals surface area (Å²) in [4.78, 5) is 10.4. The zero-order valence-corrected chi connectivity index (χ0v) is 32.2. The number of hydrogen-bond donors (Lipinski definition) is 0. The Hall–Kier alpha value is -6.92. The van der Waals surface area contributed by atoms with Crippen LogP contribution in [-0.4, -0.2) is 14.5 Å². The molecule has 0 N–H and O–H groups in total. The first-order valence-electron chi connectivity index (χ1n) is 19.1. The first kappa shape index (κ1) is 32.3. The Kier molecular flexibility index (Phi) is 7.27. The fourth-order valence-electron chi connectivity index (χ4n) is 8.53. The molecular weight excluding hydrogens is 731 g/mol. The van der Waals surface area contributed by atoms with Crippen molar-refractivity contribution in [3.8, 4) is 50.7 Å². The van der Waals surface area contributed by atoms with Crippen molar-refractivity contribution in [3.63, 3.8) is 0 Å². The van der Waals surface area contributed by atoms with E-state index in [4.69, 9.17) is 9.97 Å². The van der Waals surface area contributed by atoms with Crippen LogP contribution in [-0.2, 0) is 0 Å². The molecule has 0 saturated heterocycles. The lowest BCUT2D eigenvalue weighted by molar-refractivity contribution is 1.17. The first-order chi connectivity index (χ1) is 28.2. The maximum atomic E-state index is 5.21. The van der Waals surface area contributed by atoms with Crippen molar-refractivity contribution in [1.82, 2.24) is 14.5 Å². The Balaban J connectivity index is 1.12. The largest absolute Gasteiger partial charge is 0.309 e. The summed E-state index contributed by atoms with van der Waals surface area (Å²) in [6.45, 7) is 0. The fourth-order valence-corrected chi connectivity index (χ4v) is 10.8. The van der Waals surface area contributed by atoms with Crippen molar-refractivity contribution < 1.29 is 0 Å². The van der Waals surface area contributed by atoms with E-state index in [2.05, 4.69) is 180 Å². The van der Waals surface area contributed by atoms with E-state index in [0.29, 0.717) is 5.82 Å². The van der Waals surface area contributed by atoms with Gasteiger partial charge in [-0.2, -0.15) is 0 Å². The van der Waals surface area contributed by atoms with Gasteiger partial charge in [-0.05, 0) is 60.2 Å². The number of para-hydroxylation sites is 1. The third-order valence-electron chi connectivity index (χ3n) is 11.2. The highest BCUT2D eigenvalue weighted by molar-refractivity contribution is 7.26. The molecule has 8 aromatic carbocycles. The van der Waals surface area contributed by atoms with Crippen molar-refractivity contribution in [2.75, 3.05) is 0 Å². The molecule has 3 nitrogen and oxygen atoms in total. The van der Waals surface area contributed by atoms with E-state index in [-0.39, 0.29) is 0 Å².